The van der Waals surface area contributed by atoms with Gasteiger partial charge in [0.25, 0.3) is 5.91 Å². The molecule has 112 valence electrons. The Morgan fingerprint density at radius 3 is 2.55 bits per heavy atom. The Labute approximate surface area is 134 Å². The number of nitrogens with one attached hydrogen (secondary N) is 1. The molecule has 0 radical (unpaired) electrons. The minimum atomic E-state index is -0.0883. The fraction of sp³-hybridized carbons (Fsp3) is 0.533. The van der Waals surface area contributed by atoms with E-state index < -0.39 is 0 Å². The highest BCUT2D eigenvalue weighted by Crippen LogP contribution is 2.30. The van der Waals surface area contributed by atoms with Crippen LogP contribution in [0.1, 0.15) is 37.0 Å². The van der Waals surface area contributed by atoms with Gasteiger partial charge in [-0.15, -0.1) is 0 Å². The number of ether oxygens (including phenoxy) is 1. The van der Waals surface area contributed by atoms with Crippen molar-refractivity contribution in [3.63, 3.8) is 0 Å². The van der Waals surface area contributed by atoms with Crippen molar-refractivity contribution in [3.8, 4) is 5.75 Å². The van der Waals surface area contributed by atoms with Crippen molar-refractivity contribution in [2.75, 3.05) is 19.9 Å². The zero-order valence-electron chi connectivity index (χ0n) is 12.5. The van der Waals surface area contributed by atoms with Crippen molar-refractivity contribution >= 4 is 33.6 Å². The third kappa shape index (κ3) is 4.16. The van der Waals surface area contributed by atoms with Gasteiger partial charge in [-0.1, -0.05) is 29.8 Å². The lowest BCUT2D eigenvalue weighted by Crippen LogP contribution is -2.39. The summed E-state index contributed by atoms with van der Waals surface area (Å²) in [5, 5.41) is 3.03. The van der Waals surface area contributed by atoms with Gasteiger partial charge in [0, 0.05) is 15.8 Å². The highest BCUT2D eigenvalue weighted by molar-refractivity contribution is 9.10. The molecule has 0 spiro atoms. The summed E-state index contributed by atoms with van der Waals surface area (Å²) in [5.74, 6) is 0.495. The maximum absolute atomic E-state index is 12.3. The van der Waals surface area contributed by atoms with Gasteiger partial charge in [-0.2, -0.15) is 11.8 Å². The number of carbonyl (C=O) groups excluding carboxylic acids is 1. The Morgan fingerprint density at radius 1 is 1.40 bits per heavy atom. The third-order valence-corrected chi connectivity index (χ3v) is 5.78. The normalized spacial score (nSPS) is 11.2. The van der Waals surface area contributed by atoms with Crippen molar-refractivity contribution in [2.45, 2.75) is 31.4 Å². The van der Waals surface area contributed by atoms with Crippen molar-refractivity contribution < 1.29 is 9.53 Å². The van der Waals surface area contributed by atoms with Crippen LogP contribution in [0.25, 0.3) is 0 Å². The van der Waals surface area contributed by atoms with Gasteiger partial charge in [-0.3, -0.25) is 4.79 Å². The molecular formula is C15H22BrNO2S. The molecule has 0 atom stereocenters. The second-order valence-corrected chi connectivity index (χ2v) is 6.81. The summed E-state index contributed by atoms with van der Waals surface area (Å²) < 4.78 is 6.27. The number of thioether (sulfide) groups is 1. The molecular weight excluding hydrogens is 338 g/mol. The lowest BCUT2D eigenvalue weighted by atomic mass is 10.0. The lowest BCUT2D eigenvalue weighted by Gasteiger charge is -2.29. The SMILES string of the molecule is CCC(CC)(CNC(=O)c1ccc(Br)cc1OC)SC. The van der Waals surface area contributed by atoms with Crippen LogP contribution in [0, 0.1) is 0 Å². The molecule has 0 unspecified atom stereocenters. The van der Waals surface area contributed by atoms with E-state index in [1.165, 1.54) is 0 Å². The zero-order chi connectivity index (χ0) is 15.2. The standard InChI is InChI=1S/C15H22BrNO2S/c1-5-15(6-2,20-4)10-17-14(18)12-8-7-11(16)9-13(12)19-3/h7-9H,5-6,10H2,1-4H3,(H,17,18). The Hall–Kier alpha value is -0.680. The topological polar surface area (TPSA) is 38.3 Å². The molecule has 1 N–H and O–H groups in total. The van der Waals surface area contributed by atoms with Crippen LogP contribution in [-0.2, 0) is 0 Å². The van der Waals surface area contributed by atoms with E-state index in [4.69, 9.17) is 4.74 Å². The molecule has 0 saturated carbocycles. The first-order chi connectivity index (χ1) is 9.51. The molecule has 0 bridgehead atoms. The number of carbonyl (C=O) groups is 1. The van der Waals surface area contributed by atoms with Gasteiger partial charge < -0.3 is 10.1 Å². The number of hydrogen-bond acceptors (Lipinski definition) is 3. The smallest absolute Gasteiger partial charge is 0.255 e. The van der Waals surface area contributed by atoms with E-state index in [-0.39, 0.29) is 10.7 Å². The largest absolute Gasteiger partial charge is 0.496 e. The quantitative estimate of drug-likeness (QED) is 0.795. The Bertz CT molecular complexity index is 453. The van der Waals surface area contributed by atoms with E-state index in [9.17, 15) is 4.79 Å². The molecule has 1 aromatic carbocycles. The van der Waals surface area contributed by atoms with Gasteiger partial charge in [-0.05, 0) is 37.3 Å². The van der Waals surface area contributed by atoms with E-state index in [1.54, 1.807) is 19.2 Å². The number of benzene rings is 1. The summed E-state index contributed by atoms with van der Waals surface area (Å²) in [5.41, 5.74) is 0.568. The summed E-state index contributed by atoms with van der Waals surface area (Å²) in [4.78, 5) is 12.3. The van der Waals surface area contributed by atoms with Gasteiger partial charge in [0.15, 0.2) is 0 Å². The van der Waals surface area contributed by atoms with Crippen LogP contribution >= 0.6 is 27.7 Å². The predicted octanol–water partition coefficient (Wildman–Crippen LogP) is 4.11. The fourth-order valence-electron chi connectivity index (χ4n) is 2.05. The van der Waals surface area contributed by atoms with Crippen molar-refractivity contribution in [2.24, 2.45) is 0 Å². The van der Waals surface area contributed by atoms with Gasteiger partial charge in [0.05, 0.1) is 12.7 Å². The van der Waals surface area contributed by atoms with Gasteiger partial charge >= 0.3 is 0 Å². The summed E-state index contributed by atoms with van der Waals surface area (Å²) in [6.07, 6.45) is 4.16. The summed E-state index contributed by atoms with van der Waals surface area (Å²) in [7, 11) is 1.57. The predicted molar refractivity (Wildman–Crippen MR) is 89.9 cm³/mol. The van der Waals surface area contributed by atoms with Crippen LogP contribution < -0.4 is 10.1 Å². The second-order valence-electron chi connectivity index (χ2n) is 4.62. The number of rotatable bonds is 7. The van der Waals surface area contributed by atoms with E-state index in [0.29, 0.717) is 17.9 Å². The molecule has 0 saturated heterocycles. The third-order valence-electron chi connectivity index (χ3n) is 3.70. The minimum absolute atomic E-state index is 0.0883. The van der Waals surface area contributed by atoms with Crippen molar-refractivity contribution in [1.29, 1.82) is 0 Å². The average molecular weight is 360 g/mol. The number of amides is 1. The maximum atomic E-state index is 12.3. The van der Waals surface area contributed by atoms with Crippen LogP contribution in [0.15, 0.2) is 22.7 Å². The lowest BCUT2D eigenvalue weighted by molar-refractivity contribution is 0.0946. The molecule has 1 rings (SSSR count). The van der Waals surface area contributed by atoms with Crippen LogP contribution in [0.3, 0.4) is 0 Å². The number of hydrogen-bond donors (Lipinski definition) is 1. The van der Waals surface area contributed by atoms with Crippen LogP contribution in [0.2, 0.25) is 0 Å². The Kier molecular flexibility index (Phi) is 6.89. The van der Waals surface area contributed by atoms with E-state index in [0.717, 1.165) is 17.3 Å². The first-order valence-electron chi connectivity index (χ1n) is 6.68. The van der Waals surface area contributed by atoms with Crippen LogP contribution in [0.5, 0.6) is 5.75 Å². The molecule has 3 nitrogen and oxygen atoms in total. The van der Waals surface area contributed by atoms with Crippen LogP contribution in [-0.4, -0.2) is 30.6 Å². The monoisotopic (exact) mass is 359 g/mol. The molecule has 0 aliphatic carbocycles. The Morgan fingerprint density at radius 2 is 2.05 bits per heavy atom. The van der Waals surface area contributed by atoms with Crippen LogP contribution in [0.4, 0.5) is 0 Å². The molecule has 0 aromatic heterocycles. The molecule has 1 aromatic rings. The van der Waals surface area contributed by atoms with Crippen molar-refractivity contribution in [3.05, 3.63) is 28.2 Å². The molecule has 0 aliphatic heterocycles. The number of methoxy groups -OCH3 is 1. The van der Waals surface area contributed by atoms with Gasteiger partial charge in [0.2, 0.25) is 0 Å². The summed E-state index contributed by atoms with van der Waals surface area (Å²) in [6, 6.07) is 5.42. The maximum Gasteiger partial charge on any atom is 0.255 e. The van der Waals surface area contributed by atoms with E-state index >= 15 is 0 Å². The number of halogens is 1. The molecule has 0 fully saturated rings. The first-order valence-corrected chi connectivity index (χ1v) is 8.70. The summed E-state index contributed by atoms with van der Waals surface area (Å²) >= 11 is 5.19. The zero-order valence-corrected chi connectivity index (χ0v) is 14.9. The van der Waals surface area contributed by atoms with Gasteiger partial charge in [0.1, 0.15) is 5.75 Å². The van der Waals surface area contributed by atoms with Crippen molar-refractivity contribution in [1.82, 2.24) is 5.32 Å². The first kappa shape index (κ1) is 17.4. The molecule has 20 heavy (non-hydrogen) atoms. The van der Waals surface area contributed by atoms with E-state index in [2.05, 4.69) is 41.3 Å². The second kappa shape index (κ2) is 7.93. The minimum Gasteiger partial charge on any atom is -0.496 e. The average Bonchev–Trinajstić information content (AvgIpc) is 2.48. The molecule has 0 aliphatic rings. The fourth-order valence-corrected chi connectivity index (χ4v) is 3.18. The highest BCUT2D eigenvalue weighted by atomic mass is 79.9. The highest BCUT2D eigenvalue weighted by Gasteiger charge is 2.26. The Balaban J connectivity index is 2.82. The molecule has 1 amide bonds. The molecule has 5 heteroatoms. The molecule has 0 heterocycles. The van der Waals surface area contributed by atoms with Gasteiger partial charge in [-0.25, -0.2) is 0 Å². The summed E-state index contributed by atoms with van der Waals surface area (Å²) in [6.45, 7) is 4.98. The van der Waals surface area contributed by atoms with E-state index in [1.807, 2.05) is 17.8 Å².